The smallest absolute Gasteiger partial charge is 0.300 e. The lowest BCUT2D eigenvalue weighted by atomic mass is 10.4. The van der Waals surface area contributed by atoms with Gasteiger partial charge in [0.15, 0.2) is 0 Å². The number of amides is 2. The third-order valence-electron chi connectivity index (χ3n) is 1.49. The fourth-order valence-corrected chi connectivity index (χ4v) is 1.24. The molecule has 1 heterocycles. The first kappa shape index (κ1) is 12.2. The van der Waals surface area contributed by atoms with Crippen LogP contribution in [-0.2, 0) is 13.9 Å². The Morgan fingerprint density at radius 2 is 1.60 bits per heavy atom. The van der Waals surface area contributed by atoms with Crippen LogP contribution in [0.3, 0.4) is 0 Å². The minimum atomic E-state index is -5.46. The quantitative estimate of drug-likeness (QED) is 0.719. The Balaban J connectivity index is 2.77. The van der Waals surface area contributed by atoms with E-state index in [2.05, 4.69) is 4.28 Å². The summed E-state index contributed by atoms with van der Waals surface area (Å²) in [7, 11) is -5.46. The van der Waals surface area contributed by atoms with E-state index in [1.807, 2.05) is 0 Å². The average Bonchev–Trinajstić information content (AvgIpc) is 2.33. The second-order valence-electron chi connectivity index (χ2n) is 2.60. The van der Waals surface area contributed by atoms with E-state index < -0.39 is 28.2 Å². The molecule has 0 saturated carbocycles. The van der Waals surface area contributed by atoms with Crippen molar-refractivity contribution in [3.05, 3.63) is 0 Å². The Bertz CT molecular complexity index is 288. The van der Waals surface area contributed by atoms with Crippen LogP contribution >= 0.6 is 10.9 Å². The molecular weight excluding hydrogens is 243 g/mol. The fraction of sp³-hybridized carbons (Fsp3) is 0.600. The Hall–Kier alpha value is -0.840. The molecule has 1 rings (SSSR count). The SMILES string of the molecule is O=C1CCC(=O)N1OS(O)(O)C(F)(F)F. The van der Waals surface area contributed by atoms with E-state index in [0.29, 0.717) is 0 Å². The highest BCUT2D eigenvalue weighted by Gasteiger charge is 2.54. The molecule has 0 unspecified atom stereocenters. The first-order valence-electron chi connectivity index (χ1n) is 3.55. The maximum Gasteiger partial charge on any atom is 0.495 e. The number of hydrogen-bond acceptors (Lipinski definition) is 5. The van der Waals surface area contributed by atoms with Gasteiger partial charge in [0, 0.05) is 12.8 Å². The standard InChI is InChI=1S/C5H6F3NO5S/c6-5(7,8)15(12,13)14-9-3(10)1-2-4(9)11/h12-13H,1-2H2. The molecule has 0 aromatic rings. The number of imide groups is 1. The van der Waals surface area contributed by atoms with Gasteiger partial charge in [0.25, 0.3) is 11.8 Å². The molecule has 2 N–H and O–H groups in total. The molecule has 0 aromatic heterocycles. The van der Waals surface area contributed by atoms with Crippen molar-refractivity contribution in [1.82, 2.24) is 5.06 Å². The maximum absolute atomic E-state index is 11.9. The van der Waals surface area contributed by atoms with Crippen LogP contribution < -0.4 is 0 Å². The first-order chi connectivity index (χ1) is 6.65. The molecule has 0 aromatic carbocycles. The molecule has 0 spiro atoms. The molecular formula is C5H6F3NO5S. The predicted molar refractivity (Wildman–Crippen MR) is 41.1 cm³/mol. The molecule has 1 aliphatic rings. The van der Waals surface area contributed by atoms with E-state index in [0.717, 1.165) is 0 Å². The van der Waals surface area contributed by atoms with Crippen LogP contribution in [0.2, 0.25) is 0 Å². The van der Waals surface area contributed by atoms with Gasteiger partial charge in [0.2, 0.25) is 10.9 Å². The molecule has 1 saturated heterocycles. The highest BCUT2D eigenvalue weighted by molar-refractivity contribution is 8.20. The van der Waals surface area contributed by atoms with Gasteiger partial charge in [-0.3, -0.25) is 18.7 Å². The van der Waals surface area contributed by atoms with Crippen molar-refractivity contribution in [2.24, 2.45) is 0 Å². The Labute approximate surface area is 83.1 Å². The van der Waals surface area contributed by atoms with Crippen LogP contribution in [0.1, 0.15) is 12.8 Å². The predicted octanol–water partition coefficient (Wildman–Crippen LogP) is 1.25. The molecule has 15 heavy (non-hydrogen) atoms. The van der Waals surface area contributed by atoms with Gasteiger partial charge < -0.3 is 0 Å². The van der Waals surface area contributed by atoms with Crippen LogP contribution in [0.5, 0.6) is 0 Å². The zero-order valence-corrected chi connectivity index (χ0v) is 7.84. The zero-order valence-electron chi connectivity index (χ0n) is 7.02. The Morgan fingerprint density at radius 1 is 1.20 bits per heavy atom. The van der Waals surface area contributed by atoms with Crippen molar-refractivity contribution in [2.75, 3.05) is 0 Å². The lowest BCUT2D eigenvalue weighted by molar-refractivity contribution is -0.170. The molecule has 0 radical (unpaired) electrons. The minimum Gasteiger partial charge on any atom is -0.300 e. The number of rotatable bonds is 2. The molecule has 0 bridgehead atoms. The van der Waals surface area contributed by atoms with E-state index in [9.17, 15) is 22.8 Å². The van der Waals surface area contributed by atoms with Gasteiger partial charge in [-0.05, 0) is 0 Å². The fourth-order valence-electron chi connectivity index (χ4n) is 0.785. The second kappa shape index (κ2) is 3.63. The van der Waals surface area contributed by atoms with E-state index in [4.69, 9.17) is 9.11 Å². The number of hydroxylamine groups is 2. The summed E-state index contributed by atoms with van der Waals surface area (Å²) in [5.74, 6) is -2.08. The van der Waals surface area contributed by atoms with E-state index in [1.165, 1.54) is 0 Å². The van der Waals surface area contributed by atoms with Crippen LogP contribution in [0.4, 0.5) is 13.2 Å². The largest absolute Gasteiger partial charge is 0.495 e. The normalized spacial score (nSPS) is 19.9. The third-order valence-corrected chi connectivity index (χ3v) is 2.45. The van der Waals surface area contributed by atoms with E-state index in [1.54, 1.807) is 0 Å². The van der Waals surface area contributed by atoms with Crippen molar-refractivity contribution < 1.29 is 36.1 Å². The Morgan fingerprint density at radius 3 is 1.93 bits per heavy atom. The Kier molecular flexibility index (Phi) is 2.96. The molecule has 0 aliphatic carbocycles. The van der Waals surface area contributed by atoms with Crippen LogP contribution in [0.15, 0.2) is 0 Å². The number of carbonyl (C=O) groups is 2. The summed E-state index contributed by atoms with van der Waals surface area (Å²) in [6.07, 6.45) is -0.627. The highest BCUT2D eigenvalue weighted by Crippen LogP contribution is 2.57. The number of alkyl halides is 3. The minimum absolute atomic E-state index is 0.261. The summed E-state index contributed by atoms with van der Waals surface area (Å²) in [6, 6.07) is 0. The monoisotopic (exact) mass is 249 g/mol. The molecule has 88 valence electrons. The van der Waals surface area contributed by atoms with Crippen molar-refractivity contribution in [3.63, 3.8) is 0 Å². The van der Waals surface area contributed by atoms with Gasteiger partial charge in [-0.15, -0.1) is 5.06 Å². The van der Waals surface area contributed by atoms with Gasteiger partial charge in [-0.2, -0.15) is 17.5 Å². The lowest BCUT2D eigenvalue weighted by Gasteiger charge is -2.29. The van der Waals surface area contributed by atoms with E-state index in [-0.39, 0.29) is 17.9 Å². The van der Waals surface area contributed by atoms with Crippen molar-refractivity contribution in [1.29, 1.82) is 0 Å². The third kappa shape index (κ3) is 2.40. The summed E-state index contributed by atoms with van der Waals surface area (Å²) in [5, 5.41) is -0.261. The first-order valence-corrected chi connectivity index (χ1v) is 5.02. The average molecular weight is 249 g/mol. The van der Waals surface area contributed by atoms with E-state index >= 15 is 0 Å². The highest BCUT2D eigenvalue weighted by atomic mass is 32.3. The summed E-state index contributed by atoms with van der Waals surface area (Å²) in [5.41, 5.74) is -5.45. The van der Waals surface area contributed by atoms with Gasteiger partial charge in [0.05, 0.1) is 0 Å². The molecule has 6 nitrogen and oxygen atoms in total. The number of halogens is 3. The molecule has 1 fully saturated rings. The maximum atomic E-state index is 11.9. The number of hydrogen-bond donors (Lipinski definition) is 2. The van der Waals surface area contributed by atoms with Gasteiger partial charge in [0.1, 0.15) is 0 Å². The van der Waals surface area contributed by atoms with Crippen molar-refractivity contribution in [2.45, 2.75) is 18.3 Å². The second-order valence-corrected chi connectivity index (χ2v) is 4.20. The number of nitrogens with zero attached hydrogens (tertiary/aromatic N) is 1. The van der Waals surface area contributed by atoms with Gasteiger partial charge in [-0.1, -0.05) is 0 Å². The summed E-state index contributed by atoms with van der Waals surface area (Å²) in [4.78, 5) is 21.6. The lowest BCUT2D eigenvalue weighted by Crippen LogP contribution is -2.35. The topological polar surface area (TPSA) is 87.1 Å². The van der Waals surface area contributed by atoms with Crippen LogP contribution in [0, 0.1) is 0 Å². The van der Waals surface area contributed by atoms with Gasteiger partial charge in [-0.25, -0.2) is 0 Å². The van der Waals surface area contributed by atoms with Gasteiger partial charge >= 0.3 is 5.51 Å². The number of carbonyl (C=O) groups excluding carboxylic acids is 2. The summed E-state index contributed by atoms with van der Waals surface area (Å²) in [6.45, 7) is 0. The van der Waals surface area contributed by atoms with Crippen LogP contribution in [0.25, 0.3) is 0 Å². The zero-order chi connectivity index (χ0) is 11.9. The summed E-state index contributed by atoms with van der Waals surface area (Å²) >= 11 is 0. The summed E-state index contributed by atoms with van der Waals surface area (Å²) < 4.78 is 56.3. The molecule has 0 atom stereocenters. The molecule has 2 amide bonds. The molecule has 1 aliphatic heterocycles. The molecule has 10 heteroatoms. The van der Waals surface area contributed by atoms with Crippen molar-refractivity contribution >= 4 is 22.7 Å². The van der Waals surface area contributed by atoms with Crippen molar-refractivity contribution in [3.8, 4) is 0 Å². The van der Waals surface area contributed by atoms with Crippen LogP contribution in [-0.4, -0.2) is 31.5 Å².